The number of carbonyl (C=O) groups excluding carboxylic acids is 1. The molecule has 2 aliphatic rings. The average Bonchev–Trinajstić information content (AvgIpc) is 3.49. The lowest BCUT2D eigenvalue weighted by molar-refractivity contribution is 0.0554. The highest BCUT2D eigenvalue weighted by molar-refractivity contribution is 7.97. The minimum absolute atomic E-state index is 0.0984. The summed E-state index contributed by atoms with van der Waals surface area (Å²) in [6.45, 7) is 3.52. The summed E-state index contributed by atoms with van der Waals surface area (Å²) in [5, 5.41) is 0. The van der Waals surface area contributed by atoms with Crippen LogP contribution in [0, 0.1) is 11.7 Å². The van der Waals surface area contributed by atoms with Gasteiger partial charge < -0.3 is 4.74 Å². The highest BCUT2D eigenvalue weighted by Gasteiger charge is 2.31. The Morgan fingerprint density at radius 1 is 1.25 bits per heavy atom. The number of hydrogen-bond acceptors (Lipinski definition) is 4. The fourth-order valence-corrected chi connectivity index (χ4v) is 3.99. The molecular formula is C22H25FN2O2S. The second kappa shape index (κ2) is 8.53. The van der Waals surface area contributed by atoms with Crippen LogP contribution in [0.25, 0.3) is 0 Å². The van der Waals surface area contributed by atoms with Crippen molar-refractivity contribution in [3.05, 3.63) is 65.0 Å². The Labute approximate surface area is 169 Å². The lowest BCUT2D eigenvalue weighted by Crippen LogP contribution is -2.48. The molecule has 0 spiro atoms. The highest BCUT2D eigenvalue weighted by Crippen LogP contribution is 2.45. The van der Waals surface area contributed by atoms with Gasteiger partial charge in [-0.1, -0.05) is 42.3 Å². The minimum atomic E-state index is -0.523. The second-order valence-corrected chi connectivity index (χ2v) is 8.25. The van der Waals surface area contributed by atoms with E-state index >= 15 is 0 Å². The van der Waals surface area contributed by atoms with E-state index in [1.54, 1.807) is 12.3 Å². The molecule has 2 aromatic carbocycles. The first-order valence-corrected chi connectivity index (χ1v) is 10.9. The molecule has 2 fully saturated rings. The van der Waals surface area contributed by atoms with Crippen molar-refractivity contribution in [2.24, 2.45) is 5.92 Å². The lowest BCUT2D eigenvalue weighted by Gasteiger charge is -2.39. The molecule has 1 aliphatic carbocycles. The van der Waals surface area contributed by atoms with Crippen LogP contribution >= 0.6 is 11.9 Å². The average molecular weight is 401 g/mol. The second-order valence-electron chi connectivity index (χ2n) is 7.64. The molecule has 0 bridgehead atoms. The van der Waals surface area contributed by atoms with E-state index in [-0.39, 0.29) is 5.56 Å². The molecule has 6 heteroatoms. The van der Waals surface area contributed by atoms with Crippen molar-refractivity contribution in [3.8, 4) is 5.75 Å². The number of benzene rings is 2. The van der Waals surface area contributed by atoms with E-state index < -0.39 is 11.7 Å². The van der Waals surface area contributed by atoms with Crippen LogP contribution in [0.2, 0.25) is 0 Å². The van der Waals surface area contributed by atoms with Crippen molar-refractivity contribution >= 4 is 17.9 Å². The molecule has 2 aromatic rings. The first-order valence-electron chi connectivity index (χ1n) is 9.70. The van der Waals surface area contributed by atoms with E-state index in [0.717, 1.165) is 38.0 Å². The van der Waals surface area contributed by atoms with Gasteiger partial charge in [-0.2, -0.15) is 0 Å². The van der Waals surface area contributed by atoms with E-state index in [4.69, 9.17) is 4.74 Å². The molecule has 4 nitrogen and oxygen atoms in total. The third-order valence-electron chi connectivity index (χ3n) is 5.31. The van der Waals surface area contributed by atoms with E-state index in [2.05, 4.69) is 33.9 Å². The fourth-order valence-electron chi connectivity index (χ4n) is 3.69. The maximum Gasteiger partial charge on any atom is 0.264 e. The molecule has 28 heavy (non-hydrogen) atoms. The minimum Gasteiger partial charge on any atom is -0.493 e. The van der Waals surface area contributed by atoms with Gasteiger partial charge in [0.1, 0.15) is 11.6 Å². The number of likely N-dealkylation sites (tertiary alicyclic amines) is 1. The molecular weight excluding hydrogens is 375 g/mol. The van der Waals surface area contributed by atoms with Gasteiger partial charge in [0.2, 0.25) is 0 Å². The molecule has 4 rings (SSSR count). The zero-order chi connectivity index (χ0) is 19.5. The number of carbonyl (C=O) groups is 1. The van der Waals surface area contributed by atoms with Crippen LogP contribution in [-0.2, 0) is 6.54 Å². The van der Waals surface area contributed by atoms with Gasteiger partial charge in [-0.05, 0) is 36.0 Å². The van der Waals surface area contributed by atoms with Crippen LogP contribution in [0.3, 0.4) is 0 Å². The van der Waals surface area contributed by atoms with Crippen LogP contribution in [-0.4, -0.2) is 36.8 Å². The molecule has 1 saturated heterocycles. The fraction of sp³-hybridized carbons (Fsp3) is 0.409. The molecule has 1 aliphatic heterocycles. The largest absolute Gasteiger partial charge is 0.493 e. The van der Waals surface area contributed by atoms with Crippen LogP contribution in [0.15, 0.2) is 42.5 Å². The van der Waals surface area contributed by atoms with Gasteiger partial charge in [0, 0.05) is 37.9 Å². The van der Waals surface area contributed by atoms with Gasteiger partial charge in [0.25, 0.3) is 5.91 Å². The summed E-state index contributed by atoms with van der Waals surface area (Å²) >= 11 is 1.17. The summed E-state index contributed by atoms with van der Waals surface area (Å²) in [6.07, 6.45) is 3.88. The number of halogens is 1. The zero-order valence-corrected chi connectivity index (χ0v) is 16.8. The Bertz CT molecular complexity index is 836. The third-order valence-corrected chi connectivity index (χ3v) is 5.70. The summed E-state index contributed by atoms with van der Waals surface area (Å²) in [5.74, 6) is 0.521. The van der Waals surface area contributed by atoms with Gasteiger partial charge in [-0.3, -0.25) is 14.4 Å². The molecule has 0 atom stereocenters. The first kappa shape index (κ1) is 19.3. The van der Waals surface area contributed by atoms with Crippen LogP contribution in [0.5, 0.6) is 5.75 Å². The van der Waals surface area contributed by atoms with Crippen molar-refractivity contribution in [3.63, 3.8) is 0 Å². The SMILES string of the molecule is CSNC(=O)c1cc(C2CC2)c(OCC2CN(Cc3ccccc3)C2)cc1F. The van der Waals surface area contributed by atoms with Crippen LogP contribution < -0.4 is 9.46 Å². The number of hydrogen-bond donors (Lipinski definition) is 1. The summed E-state index contributed by atoms with van der Waals surface area (Å²) in [4.78, 5) is 14.5. The van der Waals surface area contributed by atoms with E-state index in [9.17, 15) is 9.18 Å². The Morgan fingerprint density at radius 2 is 2.00 bits per heavy atom. The summed E-state index contributed by atoms with van der Waals surface area (Å²) in [6, 6.07) is 13.5. The monoisotopic (exact) mass is 400 g/mol. The molecule has 1 saturated carbocycles. The predicted octanol–water partition coefficient (Wildman–Crippen LogP) is 4.22. The molecule has 1 N–H and O–H groups in total. The molecule has 1 heterocycles. The number of amides is 1. The summed E-state index contributed by atoms with van der Waals surface area (Å²) in [5.41, 5.74) is 2.38. The van der Waals surface area contributed by atoms with Gasteiger partial charge in [-0.25, -0.2) is 4.39 Å². The Balaban J connectivity index is 1.35. The van der Waals surface area contributed by atoms with Crippen LogP contribution in [0.4, 0.5) is 4.39 Å². The number of nitrogens with one attached hydrogen (secondary N) is 1. The van der Waals surface area contributed by atoms with E-state index in [1.807, 2.05) is 6.07 Å². The topological polar surface area (TPSA) is 41.6 Å². The zero-order valence-electron chi connectivity index (χ0n) is 16.0. The lowest BCUT2D eigenvalue weighted by atomic mass is 10.00. The first-order chi connectivity index (χ1) is 13.6. The van der Waals surface area contributed by atoms with Gasteiger partial charge in [0.05, 0.1) is 12.2 Å². The van der Waals surface area contributed by atoms with Gasteiger partial charge in [0.15, 0.2) is 0 Å². The number of ether oxygens (including phenoxy) is 1. The quantitative estimate of drug-likeness (QED) is 0.674. The van der Waals surface area contributed by atoms with Crippen molar-refractivity contribution < 1.29 is 13.9 Å². The Hall–Kier alpha value is -2.05. The van der Waals surface area contributed by atoms with Crippen LogP contribution in [0.1, 0.15) is 40.2 Å². The molecule has 148 valence electrons. The molecule has 0 radical (unpaired) electrons. The van der Waals surface area contributed by atoms with Gasteiger partial charge >= 0.3 is 0 Å². The molecule has 0 unspecified atom stereocenters. The summed E-state index contributed by atoms with van der Waals surface area (Å²) < 4.78 is 23.1. The standard InChI is InChI=1S/C22H25FN2O2S/c1-28-24-22(26)19-9-18(17-7-8-17)21(10-20(19)23)27-14-16-12-25(13-16)11-15-5-3-2-4-6-15/h2-6,9-10,16-17H,7-8,11-14H2,1H3,(H,24,26). The van der Waals surface area contributed by atoms with Crippen molar-refractivity contribution in [1.29, 1.82) is 0 Å². The predicted molar refractivity (Wildman–Crippen MR) is 110 cm³/mol. The van der Waals surface area contributed by atoms with E-state index in [0.29, 0.717) is 24.2 Å². The third kappa shape index (κ3) is 4.50. The van der Waals surface area contributed by atoms with Gasteiger partial charge in [-0.15, -0.1) is 0 Å². The molecule has 0 aromatic heterocycles. The smallest absolute Gasteiger partial charge is 0.264 e. The molecule has 1 amide bonds. The Morgan fingerprint density at radius 3 is 2.68 bits per heavy atom. The summed E-state index contributed by atoms with van der Waals surface area (Å²) in [7, 11) is 0. The Kier molecular flexibility index (Phi) is 5.87. The highest BCUT2D eigenvalue weighted by atomic mass is 32.2. The van der Waals surface area contributed by atoms with Crippen molar-refractivity contribution in [2.75, 3.05) is 26.0 Å². The van der Waals surface area contributed by atoms with E-state index in [1.165, 1.54) is 23.6 Å². The normalized spacial score (nSPS) is 17.2. The number of nitrogens with zero attached hydrogens (tertiary/aromatic N) is 1. The maximum absolute atomic E-state index is 14.5. The van der Waals surface area contributed by atoms with Crippen molar-refractivity contribution in [2.45, 2.75) is 25.3 Å². The van der Waals surface area contributed by atoms with Crippen molar-refractivity contribution in [1.82, 2.24) is 9.62 Å². The number of rotatable bonds is 8. The maximum atomic E-state index is 14.5.